The Kier molecular flexibility index (Phi) is 9.14. The number of aliphatic hydroxyl groups excluding tert-OH is 5. The van der Waals surface area contributed by atoms with Crippen LogP contribution in [-0.4, -0.2) is 87.6 Å². The van der Waals surface area contributed by atoms with Gasteiger partial charge in [0.15, 0.2) is 0 Å². The minimum absolute atomic E-state index is 0.00818. The van der Waals surface area contributed by atoms with Gasteiger partial charge in [0, 0.05) is 41.3 Å². The van der Waals surface area contributed by atoms with Crippen LogP contribution in [0.1, 0.15) is 22.6 Å². The van der Waals surface area contributed by atoms with Crippen molar-refractivity contribution in [2.45, 2.75) is 36.9 Å². The number of anilines is 1. The van der Waals surface area contributed by atoms with E-state index in [2.05, 4.69) is 15.5 Å². The maximum atomic E-state index is 12.3. The van der Waals surface area contributed by atoms with E-state index in [1.54, 1.807) is 12.1 Å². The Hall–Kier alpha value is -1.95. The summed E-state index contributed by atoms with van der Waals surface area (Å²) in [4.78, 5) is 14.5. The number of hydrogen-bond donors (Lipinski definition) is 7. The molecule has 34 heavy (non-hydrogen) atoms. The highest BCUT2D eigenvalue weighted by atomic mass is 35.5. The number of carbonyl (C=O) groups is 1. The third kappa shape index (κ3) is 6.38. The van der Waals surface area contributed by atoms with E-state index in [1.165, 1.54) is 0 Å². The zero-order chi connectivity index (χ0) is 25.0. The van der Waals surface area contributed by atoms with Crippen LogP contribution in [0.2, 0.25) is 10.0 Å². The third-order valence-corrected chi connectivity index (χ3v) is 6.39. The molecule has 2 amide bonds. The molecule has 1 aliphatic heterocycles. The van der Waals surface area contributed by atoms with Gasteiger partial charge in [-0.1, -0.05) is 35.3 Å². The number of fused-ring (bicyclic) bond motifs is 1. The second kappa shape index (κ2) is 11.7. The third-order valence-electron chi connectivity index (χ3n) is 5.84. The molecule has 0 unspecified atom stereocenters. The van der Waals surface area contributed by atoms with Crippen molar-refractivity contribution < 1.29 is 30.3 Å². The first-order valence-corrected chi connectivity index (χ1v) is 11.5. The molecule has 0 saturated heterocycles. The van der Waals surface area contributed by atoms with Crippen LogP contribution in [0.4, 0.5) is 10.5 Å². The summed E-state index contributed by atoms with van der Waals surface area (Å²) in [5.41, 5.74) is 3.53. The van der Waals surface area contributed by atoms with Gasteiger partial charge >= 0.3 is 6.03 Å². The summed E-state index contributed by atoms with van der Waals surface area (Å²) in [7, 11) is 2.01. The Morgan fingerprint density at radius 2 is 1.82 bits per heavy atom. The Bertz CT molecular complexity index is 1010. The lowest BCUT2D eigenvalue weighted by Gasteiger charge is -2.33. The molecule has 7 N–H and O–H groups in total. The Morgan fingerprint density at radius 1 is 1.12 bits per heavy atom. The number of rotatable bonds is 8. The molecule has 0 bridgehead atoms. The first-order chi connectivity index (χ1) is 16.1. The van der Waals surface area contributed by atoms with Gasteiger partial charge in [-0.25, -0.2) is 4.79 Å². The zero-order valence-corrected chi connectivity index (χ0v) is 20.0. The number of likely N-dealkylation sites (N-methyl/N-ethyl adjacent to an activating group) is 1. The lowest BCUT2D eigenvalue weighted by molar-refractivity contribution is -0.113. The molecule has 186 valence electrons. The summed E-state index contributed by atoms with van der Waals surface area (Å²) in [5.74, 6) is -0.00818. The standard InChI is InChI=1S/C23H29Cl2N3O6/c1-28-9-16(15-6-13(24)7-18(25)17(15)10-28)12-3-2-4-14(5-12)27-23(34)26-8-19(30)21(32)22(33)20(31)11-29/h2-7,16,19-22,29-33H,8-11H2,1H3,(H2,26,27,34)/t16-,19+,20-,21-,22-/m1/s1. The summed E-state index contributed by atoms with van der Waals surface area (Å²) >= 11 is 12.7. The molecular formula is C23H29Cl2N3O6. The highest BCUT2D eigenvalue weighted by Gasteiger charge is 2.30. The van der Waals surface area contributed by atoms with Crippen LogP contribution < -0.4 is 10.6 Å². The van der Waals surface area contributed by atoms with Crippen molar-refractivity contribution in [2.24, 2.45) is 0 Å². The van der Waals surface area contributed by atoms with E-state index in [-0.39, 0.29) is 12.5 Å². The van der Waals surface area contributed by atoms with E-state index in [9.17, 15) is 25.2 Å². The minimum atomic E-state index is -1.76. The second-order valence-electron chi connectivity index (χ2n) is 8.46. The van der Waals surface area contributed by atoms with Gasteiger partial charge in [0.2, 0.25) is 0 Å². The monoisotopic (exact) mass is 513 g/mol. The summed E-state index contributed by atoms with van der Waals surface area (Å²) in [6.07, 6.45) is -6.69. The maximum absolute atomic E-state index is 12.3. The predicted molar refractivity (Wildman–Crippen MR) is 129 cm³/mol. The minimum Gasteiger partial charge on any atom is -0.394 e. The number of hydrogen-bond acceptors (Lipinski definition) is 7. The number of nitrogens with zero attached hydrogens (tertiary/aromatic N) is 1. The lowest BCUT2D eigenvalue weighted by atomic mass is 9.84. The van der Waals surface area contributed by atoms with Gasteiger partial charge in [0.1, 0.15) is 18.3 Å². The van der Waals surface area contributed by atoms with Crippen molar-refractivity contribution in [2.75, 3.05) is 32.1 Å². The van der Waals surface area contributed by atoms with Crippen LogP contribution in [-0.2, 0) is 6.54 Å². The fourth-order valence-electron chi connectivity index (χ4n) is 4.02. The molecule has 0 spiro atoms. The first kappa shape index (κ1) is 26.7. The van der Waals surface area contributed by atoms with Crippen LogP contribution in [0.5, 0.6) is 0 Å². The molecule has 0 aliphatic carbocycles. The van der Waals surface area contributed by atoms with Crippen molar-refractivity contribution in [3.05, 3.63) is 63.1 Å². The molecule has 9 nitrogen and oxygen atoms in total. The molecule has 0 saturated carbocycles. The van der Waals surface area contributed by atoms with Gasteiger partial charge in [-0.05, 0) is 48.0 Å². The van der Waals surface area contributed by atoms with Crippen molar-refractivity contribution in [1.82, 2.24) is 10.2 Å². The van der Waals surface area contributed by atoms with E-state index in [4.69, 9.17) is 28.3 Å². The lowest BCUT2D eigenvalue weighted by Crippen LogP contribution is -2.50. The van der Waals surface area contributed by atoms with E-state index in [0.29, 0.717) is 22.3 Å². The van der Waals surface area contributed by atoms with Crippen LogP contribution in [0, 0.1) is 0 Å². The molecule has 1 aliphatic rings. The molecule has 2 aromatic rings. The summed E-state index contributed by atoms with van der Waals surface area (Å²) in [5, 5.41) is 53.9. The predicted octanol–water partition coefficient (Wildman–Crippen LogP) is 1.13. The van der Waals surface area contributed by atoms with Crippen LogP contribution in [0.15, 0.2) is 36.4 Å². The number of halogens is 2. The van der Waals surface area contributed by atoms with Crippen LogP contribution >= 0.6 is 23.2 Å². The SMILES string of the molecule is CN1Cc2c(Cl)cc(Cl)cc2[C@@H](c2cccc(NC(=O)NC[C@H](O)[C@@H](O)[C@H](O)[C@H](O)CO)c2)C1. The Balaban J connectivity index is 1.67. The van der Waals surface area contributed by atoms with E-state index in [0.717, 1.165) is 23.2 Å². The number of urea groups is 1. The number of amides is 2. The fourth-order valence-corrected chi connectivity index (χ4v) is 4.59. The highest BCUT2D eigenvalue weighted by molar-refractivity contribution is 6.35. The summed E-state index contributed by atoms with van der Waals surface area (Å²) in [6.45, 7) is 0.278. The zero-order valence-electron chi connectivity index (χ0n) is 18.5. The molecule has 3 rings (SSSR count). The molecule has 0 aromatic heterocycles. The van der Waals surface area contributed by atoms with E-state index >= 15 is 0 Å². The number of carbonyl (C=O) groups excluding carboxylic acids is 1. The molecule has 11 heteroatoms. The number of aliphatic hydroxyl groups is 5. The average Bonchev–Trinajstić information content (AvgIpc) is 2.81. The van der Waals surface area contributed by atoms with Crippen molar-refractivity contribution in [1.29, 1.82) is 0 Å². The summed E-state index contributed by atoms with van der Waals surface area (Å²) in [6, 6.07) is 10.4. The quantitative estimate of drug-likeness (QED) is 0.280. The fraction of sp³-hybridized carbons (Fsp3) is 0.435. The first-order valence-electron chi connectivity index (χ1n) is 10.7. The van der Waals surface area contributed by atoms with Gasteiger partial charge in [-0.15, -0.1) is 0 Å². The van der Waals surface area contributed by atoms with Crippen LogP contribution in [0.25, 0.3) is 0 Å². The topological polar surface area (TPSA) is 146 Å². The summed E-state index contributed by atoms with van der Waals surface area (Å²) < 4.78 is 0. The Morgan fingerprint density at radius 3 is 2.53 bits per heavy atom. The van der Waals surface area contributed by atoms with E-state index < -0.39 is 37.1 Å². The van der Waals surface area contributed by atoms with Gasteiger partial charge in [0.05, 0.1) is 12.7 Å². The van der Waals surface area contributed by atoms with Crippen molar-refractivity contribution in [3.63, 3.8) is 0 Å². The molecular weight excluding hydrogens is 485 g/mol. The second-order valence-corrected chi connectivity index (χ2v) is 9.31. The van der Waals surface area contributed by atoms with Gasteiger partial charge < -0.3 is 41.1 Å². The number of nitrogens with one attached hydrogen (secondary N) is 2. The van der Waals surface area contributed by atoms with E-state index in [1.807, 2.05) is 31.3 Å². The molecule has 5 atom stereocenters. The molecule has 1 heterocycles. The Labute approximate surface area is 207 Å². The molecule has 0 fully saturated rings. The normalized spacial score (nSPS) is 19.6. The largest absolute Gasteiger partial charge is 0.394 e. The van der Waals surface area contributed by atoms with Gasteiger partial charge in [0.25, 0.3) is 0 Å². The molecule has 0 radical (unpaired) electrons. The van der Waals surface area contributed by atoms with Gasteiger partial charge in [-0.3, -0.25) is 0 Å². The average molecular weight is 514 g/mol. The maximum Gasteiger partial charge on any atom is 0.319 e. The van der Waals surface area contributed by atoms with Crippen molar-refractivity contribution >= 4 is 34.9 Å². The smallest absolute Gasteiger partial charge is 0.319 e. The molecule has 2 aromatic carbocycles. The number of benzene rings is 2. The van der Waals surface area contributed by atoms with Crippen molar-refractivity contribution in [3.8, 4) is 0 Å². The highest BCUT2D eigenvalue weighted by Crippen LogP contribution is 2.38. The van der Waals surface area contributed by atoms with Gasteiger partial charge in [-0.2, -0.15) is 0 Å². The van der Waals surface area contributed by atoms with Crippen LogP contribution in [0.3, 0.4) is 0 Å².